The molecule has 0 fully saturated rings. The topological polar surface area (TPSA) is 75.3 Å². The Kier molecular flexibility index (Phi) is 6.80. The highest BCUT2D eigenvalue weighted by Crippen LogP contribution is 2.21. The summed E-state index contributed by atoms with van der Waals surface area (Å²) in [6.45, 7) is 6.49. The van der Waals surface area contributed by atoms with Crippen LogP contribution < -0.4 is 10.0 Å². The first-order valence-electron chi connectivity index (χ1n) is 8.82. The van der Waals surface area contributed by atoms with Gasteiger partial charge in [-0.3, -0.25) is 9.52 Å². The molecule has 0 aliphatic carbocycles. The van der Waals surface area contributed by atoms with Gasteiger partial charge >= 0.3 is 0 Å². The van der Waals surface area contributed by atoms with Crippen LogP contribution in [0.15, 0.2) is 47.4 Å². The highest BCUT2D eigenvalue weighted by atomic mass is 32.2. The average molecular weight is 375 g/mol. The number of rotatable bonds is 8. The molecule has 140 valence electrons. The van der Waals surface area contributed by atoms with Crippen LogP contribution in [0.1, 0.15) is 47.7 Å². The third-order valence-electron chi connectivity index (χ3n) is 4.10. The molecule has 2 N–H and O–H groups in total. The van der Waals surface area contributed by atoms with Gasteiger partial charge in [0.15, 0.2) is 0 Å². The number of nitrogens with one attached hydrogen (secondary N) is 2. The molecule has 2 aromatic carbocycles. The SMILES string of the molecule is CCCCCNC(=O)c1cccc(S(=O)(=O)Nc2ccc(C)cc2C)c1. The molecule has 0 saturated carbocycles. The van der Waals surface area contributed by atoms with Crippen LogP contribution in [-0.4, -0.2) is 20.9 Å². The number of carbonyl (C=O) groups excluding carboxylic acids is 1. The molecule has 2 rings (SSSR count). The molecule has 0 spiro atoms. The first-order valence-corrected chi connectivity index (χ1v) is 10.3. The summed E-state index contributed by atoms with van der Waals surface area (Å²) in [5, 5.41) is 2.82. The van der Waals surface area contributed by atoms with Crippen LogP contribution in [-0.2, 0) is 10.0 Å². The van der Waals surface area contributed by atoms with Crippen molar-refractivity contribution in [2.75, 3.05) is 11.3 Å². The van der Waals surface area contributed by atoms with E-state index in [1.54, 1.807) is 18.2 Å². The van der Waals surface area contributed by atoms with Gasteiger partial charge in [0.1, 0.15) is 0 Å². The Labute approximate surface area is 155 Å². The summed E-state index contributed by atoms with van der Waals surface area (Å²) in [7, 11) is -3.76. The first-order chi connectivity index (χ1) is 12.3. The van der Waals surface area contributed by atoms with Crippen molar-refractivity contribution in [2.24, 2.45) is 0 Å². The predicted octanol–water partition coefficient (Wildman–Crippen LogP) is 4.02. The van der Waals surface area contributed by atoms with E-state index in [4.69, 9.17) is 0 Å². The molecule has 0 aliphatic heterocycles. The second kappa shape index (κ2) is 8.85. The lowest BCUT2D eigenvalue weighted by Crippen LogP contribution is -2.24. The normalized spacial score (nSPS) is 11.2. The van der Waals surface area contributed by atoms with E-state index in [-0.39, 0.29) is 10.8 Å². The van der Waals surface area contributed by atoms with Crippen LogP contribution in [0.3, 0.4) is 0 Å². The maximum atomic E-state index is 12.7. The lowest BCUT2D eigenvalue weighted by atomic mass is 10.1. The van der Waals surface area contributed by atoms with Crippen molar-refractivity contribution in [1.82, 2.24) is 5.32 Å². The summed E-state index contributed by atoms with van der Waals surface area (Å²) < 4.78 is 27.9. The number of aryl methyl sites for hydroxylation is 2. The molecule has 6 heteroatoms. The zero-order valence-corrected chi connectivity index (χ0v) is 16.3. The van der Waals surface area contributed by atoms with Gasteiger partial charge in [-0.15, -0.1) is 0 Å². The van der Waals surface area contributed by atoms with E-state index in [9.17, 15) is 13.2 Å². The van der Waals surface area contributed by atoms with E-state index < -0.39 is 10.0 Å². The van der Waals surface area contributed by atoms with Gasteiger partial charge in [-0.1, -0.05) is 43.5 Å². The smallest absolute Gasteiger partial charge is 0.261 e. The fourth-order valence-electron chi connectivity index (χ4n) is 2.62. The molecule has 0 unspecified atom stereocenters. The molecule has 26 heavy (non-hydrogen) atoms. The van der Waals surface area contributed by atoms with E-state index in [0.717, 1.165) is 30.4 Å². The molecule has 0 radical (unpaired) electrons. The first kappa shape index (κ1) is 20.0. The molecule has 0 heterocycles. The Morgan fingerprint density at radius 2 is 1.81 bits per heavy atom. The maximum Gasteiger partial charge on any atom is 0.261 e. The summed E-state index contributed by atoms with van der Waals surface area (Å²) in [6.07, 6.45) is 3.04. The molecule has 5 nitrogen and oxygen atoms in total. The van der Waals surface area contributed by atoms with Gasteiger partial charge in [-0.2, -0.15) is 0 Å². The third-order valence-corrected chi connectivity index (χ3v) is 5.46. The monoisotopic (exact) mass is 374 g/mol. The summed E-state index contributed by atoms with van der Waals surface area (Å²) in [4.78, 5) is 12.3. The summed E-state index contributed by atoms with van der Waals surface area (Å²) in [6, 6.07) is 11.6. The maximum absolute atomic E-state index is 12.7. The van der Waals surface area contributed by atoms with Gasteiger partial charge in [-0.05, 0) is 50.1 Å². The predicted molar refractivity (Wildman–Crippen MR) is 105 cm³/mol. The van der Waals surface area contributed by atoms with E-state index in [1.807, 2.05) is 26.0 Å². The molecule has 2 aromatic rings. The number of sulfonamides is 1. The lowest BCUT2D eigenvalue weighted by Gasteiger charge is -2.12. The average Bonchev–Trinajstić information content (AvgIpc) is 2.61. The zero-order chi connectivity index (χ0) is 19.2. The molecule has 0 atom stereocenters. The van der Waals surface area contributed by atoms with Crippen LogP contribution in [0, 0.1) is 13.8 Å². The number of anilines is 1. The van der Waals surface area contributed by atoms with Gasteiger partial charge in [0.25, 0.3) is 15.9 Å². The summed E-state index contributed by atoms with van der Waals surface area (Å²) in [5.41, 5.74) is 2.78. The fourth-order valence-corrected chi connectivity index (χ4v) is 3.79. The van der Waals surface area contributed by atoms with E-state index in [0.29, 0.717) is 17.8 Å². The molecule has 0 saturated heterocycles. The number of carbonyl (C=O) groups is 1. The van der Waals surface area contributed by atoms with Crippen molar-refractivity contribution >= 4 is 21.6 Å². The number of unbranched alkanes of at least 4 members (excludes halogenated alkanes) is 2. The Hall–Kier alpha value is -2.34. The molecule has 1 amide bonds. The van der Waals surface area contributed by atoms with Gasteiger partial charge in [0.05, 0.1) is 10.6 Å². The molecule has 0 aliphatic rings. The summed E-state index contributed by atoms with van der Waals surface area (Å²) >= 11 is 0. The third kappa shape index (κ3) is 5.33. The van der Waals surface area contributed by atoms with E-state index >= 15 is 0 Å². The van der Waals surface area contributed by atoms with Crippen LogP contribution in [0.2, 0.25) is 0 Å². The zero-order valence-electron chi connectivity index (χ0n) is 15.5. The van der Waals surface area contributed by atoms with E-state index in [2.05, 4.69) is 17.0 Å². The Morgan fingerprint density at radius 3 is 2.50 bits per heavy atom. The second-order valence-electron chi connectivity index (χ2n) is 6.41. The minimum atomic E-state index is -3.76. The highest BCUT2D eigenvalue weighted by Gasteiger charge is 2.17. The highest BCUT2D eigenvalue weighted by molar-refractivity contribution is 7.92. The van der Waals surface area contributed by atoms with E-state index in [1.165, 1.54) is 12.1 Å². The lowest BCUT2D eigenvalue weighted by molar-refractivity contribution is 0.0952. The van der Waals surface area contributed by atoms with Gasteiger partial charge in [-0.25, -0.2) is 8.42 Å². The minimum Gasteiger partial charge on any atom is -0.352 e. The number of hydrogen-bond donors (Lipinski definition) is 2. The molecular formula is C20H26N2O3S. The minimum absolute atomic E-state index is 0.0682. The van der Waals surface area contributed by atoms with Crippen molar-refractivity contribution in [3.63, 3.8) is 0 Å². The van der Waals surface area contributed by atoms with Gasteiger partial charge < -0.3 is 5.32 Å². The van der Waals surface area contributed by atoms with Crippen LogP contribution in [0.5, 0.6) is 0 Å². The molecular weight excluding hydrogens is 348 g/mol. The summed E-state index contributed by atoms with van der Waals surface area (Å²) in [5.74, 6) is -0.260. The van der Waals surface area contributed by atoms with Crippen LogP contribution >= 0.6 is 0 Å². The van der Waals surface area contributed by atoms with Crippen LogP contribution in [0.4, 0.5) is 5.69 Å². The Balaban J connectivity index is 2.15. The largest absolute Gasteiger partial charge is 0.352 e. The number of hydrogen-bond acceptors (Lipinski definition) is 3. The Bertz CT molecular complexity index is 876. The molecule has 0 bridgehead atoms. The van der Waals surface area contributed by atoms with Crippen molar-refractivity contribution in [2.45, 2.75) is 44.9 Å². The van der Waals surface area contributed by atoms with Crippen LogP contribution in [0.25, 0.3) is 0 Å². The second-order valence-corrected chi connectivity index (χ2v) is 8.10. The quantitative estimate of drug-likeness (QED) is 0.685. The molecule has 0 aromatic heterocycles. The van der Waals surface area contributed by atoms with Crippen molar-refractivity contribution < 1.29 is 13.2 Å². The fraction of sp³-hybridized carbons (Fsp3) is 0.350. The number of amides is 1. The standard InChI is InChI=1S/C20H26N2O3S/c1-4-5-6-12-21-20(23)17-8-7-9-18(14-17)26(24,25)22-19-11-10-15(2)13-16(19)3/h7-11,13-14,22H,4-6,12H2,1-3H3,(H,21,23). The van der Waals surface area contributed by atoms with Crippen molar-refractivity contribution in [1.29, 1.82) is 0 Å². The number of benzene rings is 2. The Morgan fingerprint density at radius 1 is 1.04 bits per heavy atom. The van der Waals surface area contributed by atoms with Crippen molar-refractivity contribution in [3.05, 3.63) is 59.2 Å². The van der Waals surface area contributed by atoms with Gasteiger partial charge in [0, 0.05) is 12.1 Å². The van der Waals surface area contributed by atoms with Gasteiger partial charge in [0.2, 0.25) is 0 Å². The van der Waals surface area contributed by atoms with Crippen molar-refractivity contribution in [3.8, 4) is 0 Å².